The maximum Gasteiger partial charge on any atom is 0.232 e. The van der Waals surface area contributed by atoms with Crippen LogP contribution in [0.25, 0.3) is 0 Å². The Kier molecular flexibility index (Phi) is 2.16. The second-order valence-corrected chi connectivity index (χ2v) is 3.09. The monoisotopic (exact) mass is 152 g/mol. The lowest BCUT2D eigenvalue weighted by molar-refractivity contribution is -0.122. The van der Waals surface area contributed by atoms with Crippen LogP contribution in [-0.2, 0) is 4.79 Å². The van der Waals surface area contributed by atoms with Crippen LogP contribution >= 0.6 is 0 Å². The molecule has 0 saturated carbocycles. The highest BCUT2D eigenvalue weighted by atomic mass is 16.1. The molecule has 0 unspecified atom stereocenters. The summed E-state index contributed by atoms with van der Waals surface area (Å²) < 4.78 is 0. The van der Waals surface area contributed by atoms with Crippen molar-refractivity contribution in [1.29, 1.82) is 0 Å². The molecule has 0 atom stereocenters. The van der Waals surface area contributed by atoms with Crippen molar-refractivity contribution in [2.45, 2.75) is 18.9 Å². The first kappa shape index (κ1) is 8.09. The van der Waals surface area contributed by atoms with Crippen LogP contribution in [0.1, 0.15) is 13.3 Å². The number of terminal acetylenes is 1. The molecule has 1 aliphatic rings. The van der Waals surface area contributed by atoms with Gasteiger partial charge in [-0.3, -0.25) is 4.79 Å². The van der Waals surface area contributed by atoms with Crippen LogP contribution in [0.15, 0.2) is 0 Å². The standard InChI is InChI=1S/C8H12N2O/c1-3-4-7(11)10-8(2)5-9-6-8/h1,9H,4-6H2,2H3,(H,10,11). The molecule has 0 aliphatic carbocycles. The van der Waals surface area contributed by atoms with Gasteiger partial charge in [-0.05, 0) is 6.92 Å². The van der Waals surface area contributed by atoms with Crippen molar-refractivity contribution in [2.24, 2.45) is 0 Å². The van der Waals surface area contributed by atoms with E-state index in [9.17, 15) is 4.79 Å². The smallest absolute Gasteiger partial charge is 0.232 e. The molecule has 2 N–H and O–H groups in total. The molecular weight excluding hydrogens is 140 g/mol. The van der Waals surface area contributed by atoms with Crippen LogP contribution < -0.4 is 10.6 Å². The summed E-state index contributed by atoms with van der Waals surface area (Å²) in [6.45, 7) is 3.67. The van der Waals surface area contributed by atoms with Gasteiger partial charge in [-0.15, -0.1) is 6.42 Å². The number of hydrogen-bond acceptors (Lipinski definition) is 2. The summed E-state index contributed by atoms with van der Waals surface area (Å²) in [6, 6.07) is 0. The fourth-order valence-corrected chi connectivity index (χ4v) is 1.06. The van der Waals surface area contributed by atoms with Gasteiger partial charge >= 0.3 is 0 Å². The van der Waals surface area contributed by atoms with E-state index in [4.69, 9.17) is 6.42 Å². The Morgan fingerprint density at radius 3 is 2.82 bits per heavy atom. The number of amides is 1. The molecular formula is C8H12N2O. The van der Waals surface area contributed by atoms with E-state index in [1.165, 1.54) is 0 Å². The van der Waals surface area contributed by atoms with Gasteiger partial charge in [0.1, 0.15) is 0 Å². The lowest BCUT2D eigenvalue weighted by Crippen LogP contribution is -2.67. The molecule has 1 rings (SSSR count). The van der Waals surface area contributed by atoms with Crippen molar-refractivity contribution in [2.75, 3.05) is 13.1 Å². The number of carbonyl (C=O) groups is 1. The number of carbonyl (C=O) groups excluding carboxylic acids is 1. The van der Waals surface area contributed by atoms with Crippen LogP contribution in [0.5, 0.6) is 0 Å². The summed E-state index contributed by atoms with van der Waals surface area (Å²) in [6.07, 6.45) is 5.16. The second-order valence-electron chi connectivity index (χ2n) is 3.09. The van der Waals surface area contributed by atoms with Gasteiger partial charge in [0, 0.05) is 13.1 Å². The number of hydrogen-bond donors (Lipinski definition) is 2. The molecule has 1 fully saturated rings. The molecule has 0 aromatic carbocycles. The highest BCUT2D eigenvalue weighted by molar-refractivity contribution is 5.79. The molecule has 1 saturated heterocycles. The maximum absolute atomic E-state index is 11.0. The van der Waals surface area contributed by atoms with Crippen molar-refractivity contribution in [1.82, 2.24) is 10.6 Å². The van der Waals surface area contributed by atoms with Gasteiger partial charge in [-0.2, -0.15) is 0 Å². The van der Waals surface area contributed by atoms with Crippen molar-refractivity contribution in [3.05, 3.63) is 0 Å². The van der Waals surface area contributed by atoms with Crippen LogP contribution in [0.3, 0.4) is 0 Å². The SMILES string of the molecule is C#CCC(=O)NC1(C)CNC1. The minimum Gasteiger partial charge on any atom is -0.348 e. The number of nitrogens with one attached hydrogen (secondary N) is 2. The van der Waals surface area contributed by atoms with Gasteiger partial charge in [-0.1, -0.05) is 5.92 Å². The summed E-state index contributed by atoms with van der Waals surface area (Å²) in [7, 11) is 0. The molecule has 0 spiro atoms. The minimum absolute atomic E-state index is 0.0588. The average molecular weight is 152 g/mol. The Labute approximate surface area is 66.5 Å². The third kappa shape index (κ3) is 1.95. The van der Waals surface area contributed by atoms with Crippen molar-refractivity contribution in [3.63, 3.8) is 0 Å². The Morgan fingerprint density at radius 1 is 1.82 bits per heavy atom. The van der Waals surface area contributed by atoms with E-state index < -0.39 is 0 Å². The van der Waals surface area contributed by atoms with Gasteiger partial charge in [0.25, 0.3) is 0 Å². The fourth-order valence-electron chi connectivity index (χ4n) is 1.06. The molecule has 11 heavy (non-hydrogen) atoms. The fraction of sp³-hybridized carbons (Fsp3) is 0.625. The van der Waals surface area contributed by atoms with E-state index >= 15 is 0 Å². The predicted octanol–water partition coefficient (Wildman–Crippen LogP) is -0.512. The van der Waals surface area contributed by atoms with Crippen LogP contribution in [0.4, 0.5) is 0 Å². The largest absolute Gasteiger partial charge is 0.348 e. The van der Waals surface area contributed by atoms with Crippen molar-refractivity contribution >= 4 is 5.91 Å². The van der Waals surface area contributed by atoms with Gasteiger partial charge in [0.15, 0.2) is 0 Å². The van der Waals surface area contributed by atoms with Crippen LogP contribution in [0, 0.1) is 12.3 Å². The third-order valence-electron chi connectivity index (χ3n) is 1.73. The van der Waals surface area contributed by atoms with E-state index in [0.717, 1.165) is 13.1 Å². The number of rotatable bonds is 2. The quantitative estimate of drug-likeness (QED) is 0.523. The zero-order chi connectivity index (χ0) is 8.32. The van der Waals surface area contributed by atoms with Gasteiger partial charge < -0.3 is 10.6 Å². The highest BCUT2D eigenvalue weighted by Crippen LogP contribution is 2.08. The first-order valence-corrected chi connectivity index (χ1v) is 3.61. The molecule has 0 aromatic rings. The second kappa shape index (κ2) is 2.93. The van der Waals surface area contributed by atoms with Crippen LogP contribution in [-0.4, -0.2) is 24.5 Å². The summed E-state index contributed by atoms with van der Waals surface area (Å²) in [5, 5.41) is 5.93. The molecule has 1 amide bonds. The van der Waals surface area contributed by atoms with Gasteiger partial charge in [-0.25, -0.2) is 0 Å². The summed E-state index contributed by atoms with van der Waals surface area (Å²) in [5.74, 6) is 2.25. The molecule has 0 aromatic heterocycles. The third-order valence-corrected chi connectivity index (χ3v) is 1.73. The van der Waals surface area contributed by atoms with Gasteiger partial charge in [0.05, 0.1) is 12.0 Å². The maximum atomic E-state index is 11.0. The van der Waals surface area contributed by atoms with Crippen LogP contribution in [0.2, 0.25) is 0 Å². The molecule has 1 aliphatic heterocycles. The average Bonchev–Trinajstić information content (AvgIpc) is 1.85. The molecule has 1 heterocycles. The Morgan fingerprint density at radius 2 is 2.45 bits per heavy atom. The summed E-state index contributed by atoms with van der Waals surface area (Å²) in [5.41, 5.74) is -0.0616. The topological polar surface area (TPSA) is 41.1 Å². The highest BCUT2D eigenvalue weighted by Gasteiger charge is 2.32. The Bertz CT molecular complexity index is 201. The minimum atomic E-state index is -0.0616. The van der Waals surface area contributed by atoms with E-state index in [1.807, 2.05) is 6.92 Å². The first-order valence-electron chi connectivity index (χ1n) is 3.61. The summed E-state index contributed by atoms with van der Waals surface area (Å²) in [4.78, 5) is 11.0. The predicted molar refractivity (Wildman–Crippen MR) is 42.9 cm³/mol. The molecule has 0 radical (unpaired) electrons. The van der Waals surface area contributed by atoms with Crippen molar-refractivity contribution < 1.29 is 4.79 Å². The Balaban J connectivity index is 2.30. The normalized spacial score (nSPS) is 19.6. The van der Waals surface area contributed by atoms with E-state index in [0.29, 0.717) is 0 Å². The zero-order valence-electron chi connectivity index (χ0n) is 6.61. The molecule has 3 heteroatoms. The lowest BCUT2D eigenvalue weighted by Gasteiger charge is -2.39. The van der Waals surface area contributed by atoms with E-state index in [-0.39, 0.29) is 17.9 Å². The summed E-state index contributed by atoms with van der Waals surface area (Å²) >= 11 is 0. The lowest BCUT2D eigenvalue weighted by atomic mass is 9.95. The molecule has 60 valence electrons. The zero-order valence-corrected chi connectivity index (χ0v) is 6.61. The van der Waals surface area contributed by atoms with Crippen molar-refractivity contribution in [3.8, 4) is 12.3 Å². The van der Waals surface area contributed by atoms with E-state index in [1.54, 1.807) is 0 Å². The van der Waals surface area contributed by atoms with Gasteiger partial charge in [0.2, 0.25) is 5.91 Å². The first-order chi connectivity index (χ1) is 5.16. The molecule has 3 nitrogen and oxygen atoms in total. The molecule has 0 bridgehead atoms. The van der Waals surface area contributed by atoms with E-state index in [2.05, 4.69) is 16.6 Å². The Hall–Kier alpha value is -1.01.